The minimum Gasteiger partial charge on any atom is -0.489 e. The predicted molar refractivity (Wildman–Crippen MR) is 115 cm³/mol. The van der Waals surface area contributed by atoms with Crippen LogP contribution in [0.15, 0.2) is 54.6 Å². The van der Waals surface area contributed by atoms with Crippen molar-refractivity contribution < 1.29 is 14.3 Å². The first kappa shape index (κ1) is 22.7. The molecule has 1 unspecified atom stereocenters. The van der Waals surface area contributed by atoms with Crippen LogP contribution in [0.1, 0.15) is 28.8 Å². The van der Waals surface area contributed by atoms with Crippen molar-refractivity contribution in [3.05, 3.63) is 65.7 Å². The smallest absolute Gasteiger partial charge is 0.253 e. The highest BCUT2D eigenvalue weighted by Crippen LogP contribution is 2.19. The van der Waals surface area contributed by atoms with Crippen LogP contribution in [0.3, 0.4) is 0 Å². The standard InChI is InChI=1S/C22H27N3O3.ClH/c23-12-13-24-21(26)19-5-4-14-25(15-19)22(27)18-10-8-17(9-11-18)16-28-20-6-2-1-3-7-20;/h1-3,6-11,19H,4-5,12-16,23H2,(H,24,26);1H. The molecular formula is C22H28ClN3O3. The van der Waals surface area contributed by atoms with Crippen LogP contribution in [0, 0.1) is 5.92 Å². The third-order valence-corrected chi connectivity index (χ3v) is 4.87. The predicted octanol–water partition coefficient (Wildman–Crippen LogP) is 2.61. The van der Waals surface area contributed by atoms with Gasteiger partial charge in [-0.25, -0.2) is 0 Å². The second-order valence-electron chi connectivity index (χ2n) is 6.97. The molecule has 2 aromatic carbocycles. The molecule has 1 aliphatic heterocycles. The van der Waals surface area contributed by atoms with Gasteiger partial charge in [0.1, 0.15) is 12.4 Å². The minimum absolute atomic E-state index is 0. The maximum atomic E-state index is 12.8. The van der Waals surface area contributed by atoms with Crippen molar-refractivity contribution in [2.45, 2.75) is 19.4 Å². The third kappa shape index (κ3) is 6.48. The fourth-order valence-corrected chi connectivity index (χ4v) is 3.32. The summed E-state index contributed by atoms with van der Waals surface area (Å²) < 4.78 is 5.73. The molecule has 0 saturated carbocycles. The molecule has 3 N–H and O–H groups in total. The molecular weight excluding hydrogens is 390 g/mol. The van der Waals surface area contributed by atoms with E-state index in [1.807, 2.05) is 54.6 Å². The van der Waals surface area contributed by atoms with Crippen LogP contribution in [0.2, 0.25) is 0 Å². The van der Waals surface area contributed by atoms with E-state index in [-0.39, 0.29) is 30.1 Å². The Morgan fingerprint density at radius 3 is 2.52 bits per heavy atom. The number of piperidine rings is 1. The van der Waals surface area contributed by atoms with Crippen LogP contribution in [0.25, 0.3) is 0 Å². The Morgan fingerprint density at radius 2 is 1.83 bits per heavy atom. The second kappa shape index (κ2) is 11.4. The molecule has 2 amide bonds. The van der Waals surface area contributed by atoms with E-state index in [1.165, 1.54) is 0 Å². The lowest BCUT2D eigenvalue weighted by atomic mass is 9.96. The molecule has 1 fully saturated rings. The molecule has 2 aromatic rings. The Labute approximate surface area is 177 Å². The summed E-state index contributed by atoms with van der Waals surface area (Å²) in [6.07, 6.45) is 1.63. The monoisotopic (exact) mass is 417 g/mol. The first-order valence-electron chi connectivity index (χ1n) is 9.71. The number of hydrogen-bond acceptors (Lipinski definition) is 4. The van der Waals surface area contributed by atoms with E-state index in [2.05, 4.69) is 5.32 Å². The average molecular weight is 418 g/mol. The van der Waals surface area contributed by atoms with Gasteiger partial charge in [-0.2, -0.15) is 0 Å². The Kier molecular flexibility index (Phi) is 8.96. The quantitative estimate of drug-likeness (QED) is 0.725. The number of hydrogen-bond donors (Lipinski definition) is 2. The topological polar surface area (TPSA) is 84.7 Å². The highest BCUT2D eigenvalue weighted by atomic mass is 35.5. The van der Waals surface area contributed by atoms with Gasteiger partial charge in [0.05, 0.1) is 5.92 Å². The number of nitrogens with one attached hydrogen (secondary N) is 1. The number of carbonyl (C=O) groups excluding carboxylic acids is 2. The summed E-state index contributed by atoms with van der Waals surface area (Å²) in [7, 11) is 0. The maximum Gasteiger partial charge on any atom is 0.253 e. The van der Waals surface area contributed by atoms with Gasteiger partial charge in [0.2, 0.25) is 5.91 Å². The van der Waals surface area contributed by atoms with E-state index in [0.29, 0.717) is 38.3 Å². The molecule has 3 rings (SSSR count). The van der Waals surface area contributed by atoms with E-state index >= 15 is 0 Å². The number of ether oxygens (including phenoxy) is 1. The van der Waals surface area contributed by atoms with Crippen LogP contribution < -0.4 is 15.8 Å². The fourth-order valence-electron chi connectivity index (χ4n) is 3.32. The maximum absolute atomic E-state index is 12.8. The molecule has 156 valence electrons. The first-order valence-corrected chi connectivity index (χ1v) is 9.71. The average Bonchev–Trinajstić information content (AvgIpc) is 2.76. The summed E-state index contributed by atoms with van der Waals surface area (Å²) in [6, 6.07) is 17.1. The van der Waals surface area contributed by atoms with Crippen LogP contribution in [-0.2, 0) is 11.4 Å². The lowest BCUT2D eigenvalue weighted by Gasteiger charge is -2.32. The summed E-state index contributed by atoms with van der Waals surface area (Å²) >= 11 is 0. The van der Waals surface area contributed by atoms with Crippen molar-refractivity contribution in [2.75, 3.05) is 26.2 Å². The largest absolute Gasteiger partial charge is 0.489 e. The molecule has 1 aliphatic rings. The number of nitrogens with zero attached hydrogens (tertiary/aromatic N) is 1. The SMILES string of the molecule is Cl.NCCNC(=O)C1CCCN(C(=O)c2ccc(COc3ccccc3)cc2)C1. The molecule has 0 aliphatic carbocycles. The van der Waals surface area contributed by atoms with Crippen molar-refractivity contribution in [1.29, 1.82) is 0 Å². The van der Waals surface area contributed by atoms with Crippen LogP contribution in [0.5, 0.6) is 5.75 Å². The molecule has 0 aromatic heterocycles. The number of para-hydroxylation sites is 1. The number of benzene rings is 2. The molecule has 1 atom stereocenters. The van der Waals surface area contributed by atoms with Crippen LogP contribution in [-0.4, -0.2) is 42.9 Å². The highest BCUT2D eigenvalue weighted by Gasteiger charge is 2.28. The van der Waals surface area contributed by atoms with Gasteiger partial charge in [-0.3, -0.25) is 9.59 Å². The zero-order valence-corrected chi connectivity index (χ0v) is 17.2. The van der Waals surface area contributed by atoms with Gasteiger partial charge in [0.25, 0.3) is 5.91 Å². The van der Waals surface area contributed by atoms with Crippen molar-refractivity contribution in [1.82, 2.24) is 10.2 Å². The molecule has 0 spiro atoms. The molecule has 6 nitrogen and oxygen atoms in total. The van der Waals surface area contributed by atoms with Gasteiger partial charge in [-0.15, -0.1) is 12.4 Å². The Balaban J connectivity index is 0.00000300. The van der Waals surface area contributed by atoms with E-state index in [9.17, 15) is 9.59 Å². The molecule has 1 saturated heterocycles. The number of halogens is 1. The number of nitrogens with two attached hydrogens (primary N) is 1. The van der Waals surface area contributed by atoms with E-state index < -0.39 is 0 Å². The third-order valence-electron chi connectivity index (χ3n) is 4.87. The number of amides is 2. The number of carbonyl (C=O) groups is 2. The normalized spacial score (nSPS) is 15.9. The Hall–Kier alpha value is -2.57. The van der Waals surface area contributed by atoms with E-state index in [4.69, 9.17) is 10.5 Å². The molecule has 7 heteroatoms. The molecule has 0 radical (unpaired) electrons. The summed E-state index contributed by atoms with van der Waals surface area (Å²) in [4.78, 5) is 26.8. The van der Waals surface area contributed by atoms with Crippen LogP contribution >= 0.6 is 12.4 Å². The van der Waals surface area contributed by atoms with Gasteiger partial charge in [0, 0.05) is 31.7 Å². The molecule has 29 heavy (non-hydrogen) atoms. The Bertz CT molecular complexity index is 784. The highest BCUT2D eigenvalue weighted by molar-refractivity contribution is 5.94. The lowest BCUT2D eigenvalue weighted by Crippen LogP contribution is -2.46. The van der Waals surface area contributed by atoms with Gasteiger partial charge in [-0.1, -0.05) is 30.3 Å². The Morgan fingerprint density at radius 1 is 1.10 bits per heavy atom. The second-order valence-corrected chi connectivity index (χ2v) is 6.97. The number of rotatable bonds is 7. The van der Waals surface area contributed by atoms with Crippen molar-refractivity contribution in [2.24, 2.45) is 11.7 Å². The minimum atomic E-state index is -0.164. The summed E-state index contributed by atoms with van der Waals surface area (Å²) in [5.41, 5.74) is 7.07. The van der Waals surface area contributed by atoms with E-state index in [1.54, 1.807) is 4.90 Å². The van der Waals surface area contributed by atoms with Crippen molar-refractivity contribution in [3.63, 3.8) is 0 Å². The van der Waals surface area contributed by atoms with Gasteiger partial charge in [-0.05, 0) is 42.7 Å². The number of likely N-dealkylation sites (tertiary alicyclic amines) is 1. The van der Waals surface area contributed by atoms with Crippen molar-refractivity contribution >= 4 is 24.2 Å². The van der Waals surface area contributed by atoms with Gasteiger partial charge in [0.15, 0.2) is 0 Å². The van der Waals surface area contributed by atoms with Gasteiger partial charge < -0.3 is 20.7 Å². The molecule has 0 bridgehead atoms. The van der Waals surface area contributed by atoms with Crippen molar-refractivity contribution in [3.8, 4) is 5.75 Å². The zero-order chi connectivity index (χ0) is 19.8. The van der Waals surface area contributed by atoms with Crippen LogP contribution in [0.4, 0.5) is 0 Å². The lowest BCUT2D eigenvalue weighted by molar-refractivity contribution is -0.126. The summed E-state index contributed by atoms with van der Waals surface area (Å²) in [6.45, 7) is 2.47. The van der Waals surface area contributed by atoms with E-state index in [0.717, 1.165) is 24.2 Å². The van der Waals surface area contributed by atoms with Gasteiger partial charge >= 0.3 is 0 Å². The zero-order valence-electron chi connectivity index (χ0n) is 16.4. The first-order chi connectivity index (χ1) is 13.7. The fraction of sp³-hybridized carbons (Fsp3) is 0.364. The summed E-state index contributed by atoms with van der Waals surface area (Å²) in [5, 5.41) is 2.82. The summed E-state index contributed by atoms with van der Waals surface area (Å²) in [5.74, 6) is 0.598. The molecule has 1 heterocycles.